The van der Waals surface area contributed by atoms with Crippen LogP contribution in [0.5, 0.6) is 5.75 Å². The number of hydrogen-bond donors (Lipinski definition) is 1. The van der Waals surface area contributed by atoms with E-state index in [2.05, 4.69) is 5.32 Å². The van der Waals surface area contributed by atoms with Gasteiger partial charge >= 0.3 is 0 Å². The summed E-state index contributed by atoms with van der Waals surface area (Å²) in [4.78, 5) is 11.2. The van der Waals surface area contributed by atoms with E-state index in [1.165, 1.54) is 50.4 Å². The topological polar surface area (TPSA) is 110 Å². The zero-order valence-electron chi connectivity index (χ0n) is 15.3. The molecule has 0 radical (unpaired) electrons. The van der Waals surface area contributed by atoms with Gasteiger partial charge in [0.1, 0.15) is 5.75 Å². The molecule has 1 saturated heterocycles. The minimum Gasteiger partial charge on any atom is -0.497 e. The molecule has 0 bridgehead atoms. The Morgan fingerprint density at radius 1 is 0.964 bits per heavy atom. The van der Waals surface area contributed by atoms with Crippen LogP contribution >= 0.6 is 0 Å². The van der Waals surface area contributed by atoms with Crippen molar-refractivity contribution in [1.82, 2.24) is 4.31 Å². The molecule has 0 unspecified atom stereocenters. The van der Waals surface area contributed by atoms with E-state index in [4.69, 9.17) is 4.74 Å². The highest BCUT2D eigenvalue weighted by molar-refractivity contribution is 7.92. The Morgan fingerprint density at radius 3 is 2.00 bits per heavy atom. The molecule has 1 fully saturated rings. The van der Waals surface area contributed by atoms with Gasteiger partial charge < -0.3 is 10.1 Å². The number of anilines is 1. The van der Waals surface area contributed by atoms with E-state index in [1.807, 2.05) is 0 Å². The lowest BCUT2D eigenvalue weighted by atomic mass is 10.3. The summed E-state index contributed by atoms with van der Waals surface area (Å²) in [5, 5.41) is 1.76. The van der Waals surface area contributed by atoms with Crippen molar-refractivity contribution in [3.8, 4) is 5.75 Å². The van der Waals surface area contributed by atoms with Gasteiger partial charge in [0.25, 0.3) is 0 Å². The zero-order valence-corrected chi connectivity index (χ0v) is 17.0. The van der Waals surface area contributed by atoms with E-state index >= 15 is 0 Å². The molecular weight excluding hydrogens is 404 g/mol. The second-order valence-corrected chi connectivity index (χ2v) is 10.5. The average molecular weight is 425 g/mol. The second kappa shape index (κ2) is 7.53. The van der Waals surface area contributed by atoms with E-state index < -0.39 is 25.1 Å². The zero-order chi connectivity index (χ0) is 20.5. The maximum Gasteiger partial charge on any atom is 0.243 e. The molecule has 10 heteroatoms. The van der Waals surface area contributed by atoms with Gasteiger partial charge in [0, 0.05) is 25.7 Å². The molecule has 0 aromatic heterocycles. The molecule has 0 aliphatic carbocycles. The molecule has 28 heavy (non-hydrogen) atoms. The van der Waals surface area contributed by atoms with Crippen LogP contribution in [0.4, 0.5) is 5.69 Å². The normalized spacial score (nSPS) is 15.6. The van der Waals surface area contributed by atoms with E-state index in [9.17, 15) is 21.6 Å². The Morgan fingerprint density at radius 2 is 1.50 bits per heavy atom. The largest absolute Gasteiger partial charge is 0.497 e. The summed E-state index contributed by atoms with van der Waals surface area (Å²) in [5.41, 5.74) is 0.481. The molecule has 1 N–H and O–H groups in total. The molecule has 1 aliphatic heterocycles. The summed E-state index contributed by atoms with van der Waals surface area (Å²) >= 11 is 0. The summed E-state index contributed by atoms with van der Waals surface area (Å²) < 4.78 is 56.8. The van der Waals surface area contributed by atoms with Gasteiger partial charge in [-0.25, -0.2) is 16.8 Å². The predicted molar refractivity (Wildman–Crippen MR) is 103 cm³/mol. The molecule has 0 atom stereocenters. The van der Waals surface area contributed by atoms with Crippen LogP contribution in [-0.4, -0.2) is 52.5 Å². The Balaban J connectivity index is 1.71. The number of sulfone groups is 1. The lowest BCUT2D eigenvalue weighted by Gasteiger charge is -2.37. The van der Waals surface area contributed by atoms with Crippen LogP contribution in [0.25, 0.3) is 0 Å². The van der Waals surface area contributed by atoms with Crippen molar-refractivity contribution < 1.29 is 26.4 Å². The van der Waals surface area contributed by atoms with Crippen molar-refractivity contribution in [2.24, 2.45) is 0 Å². The van der Waals surface area contributed by atoms with Gasteiger partial charge in [-0.05, 0) is 48.5 Å². The number of amides is 1. The molecule has 3 rings (SSSR count). The van der Waals surface area contributed by atoms with E-state index in [1.54, 1.807) is 12.1 Å². The number of methoxy groups -OCH3 is 1. The smallest absolute Gasteiger partial charge is 0.243 e. The van der Waals surface area contributed by atoms with Crippen LogP contribution in [-0.2, 0) is 24.7 Å². The maximum absolute atomic E-state index is 12.7. The Kier molecular flexibility index (Phi) is 5.46. The van der Waals surface area contributed by atoms with Gasteiger partial charge in [-0.15, -0.1) is 0 Å². The molecule has 150 valence electrons. The number of carbonyl (C=O) groups is 1. The van der Waals surface area contributed by atoms with E-state index in [-0.39, 0.29) is 28.8 Å². The van der Waals surface area contributed by atoms with Crippen LogP contribution in [0.2, 0.25) is 0 Å². The maximum atomic E-state index is 12.7. The van der Waals surface area contributed by atoms with Crippen LogP contribution in [0.15, 0.2) is 58.3 Å². The first-order valence-corrected chi connectivity index (χ1v) is 11.4. The van der Waals surface area contributed by atoms with Crippen molar-refractivity contribution in [3.05, 3.63) is 48.5 Å². The number of sulfonamides is 1. The number of carbonyl (C=O) groups excluding carboxylic acids is 1. The standard InChI is InChI=1S/C18H20N2O6S2/c1-13(21)19-14-3-7-17(8-4-14)28(24,25)20-11-18(12-20)27(22,23)16-9-5-15(26-2)6-10-16/h3-10,18H,11-12H2,1-2H3,(H,19,21). The van der Waals surface area contributed by atoms with Crippen LogP contribution in [0.3, 0.4) is 0 Å². The Hall–Kier alpha value is -2.43. The first-order valence-electron chi connectivity index (χ1n) is 8.40. The second-order valence-electron chi connectivity index (χ2n) is 6.37. The van der Waals surface area contributed by atoms with Crippen LogP contribution < -0.4 is 10.1 Å². The number of rotatable bonds is 6. The summed E-state index contributed by atoms with van der Waals surface area (Å²) in [7, 11) is -5.94. The van der Waals surface area contributed by atoms with E-state index in [0.29, 0.717) is 11.4 Å². The van der Waals surface area contributed by atoms with Gasteiger partial charge in [-0.1, -0.05) is 0 Å². The molecular formula is C18H20N2O6S2. The van der Waals surface area contributed by atoms with Gasteiger partial charge in [0.2, 0.25) is 15.9 Å². The Bertz CT molecular complexity index is 1070. The fourth-order valence-electron chi connectivity index (χ4n) is 2.81. The van der Waals surface area contributed by atoms with Gasteiger partial charge in [-0.2, -0.15) is 4.31 Å². The Labute approximate surface area is 164 Å². The summed E-state index contributed by atoms with van der Waals surface area (Å²) in [6.45, 7) is 1.14. The van der Waals surface area contributed by atoms with Crippen LogP contribution in [0.1, 0.15) is 6.92 Å². The fourth-order valence-corrected chi connectivity index (χ4v) is 6.19. The summed E-state index contributed by atoms with van der Waals surface area (Å²) in [6.07, 6.45) is 0. The predicted octanol–water partition coefficient (Wildman–Crippen LogP) is 1.50. The first-order chi connectivity index (χ1) is 13.1. The number of nitrogens with zero attached hydrogens (tertiary/aromatic N) is 1. The highest BCUT2D eigenvalue weighted by atomic mass is 32.2. The van der Waals surface area contributed by atoms with Crippen molar-refractivity contribution in [3.63, 3.8) is 0 Å². The van der Waals surface area contributed by atoms with Crippen molar-refractivity contribution in [1.29, 1.82) is 0 Å². The molecule has 1 amide bonds. The van der Waals surface area contributed by atoms with Crippen LogP contribution in [0, 0.1) is 0 Å². The van der Waals surface area contributed by atoms with E-state index in [0.717, 1.165) is 4.31 Å². The number of nitrogens with one attached hydrogen (secondary N) is 1. The van der Waals surface area contributed by atoms with Crippen molar-refractivity contribution in [2.45, 2.75) is 22.0 Å². The highest BCUT2D eigenvalue weighted by Gasteiger charge is 2.44. The summed E-state index contributed by atoms with van der Waals surface area (Å²) in [5.74, 6) is 0.282. The molecule has 8 nitrogen and oxygen atoms in total. The van der Waals surface area contributed by atoms with Gasteiger partial charge in [-0.3, -0.25) is 4.79 Å². The van der Waals surface area contributed by atoms with Gasteiger partial charge in [0.05, 0.1) is 22.2 Å². The number of hydrogen-bond acceptors (Lipinski definition) is 6. The molecule has 2 aromatic rings. The SMILES string of the molecule is COc1ccc(S(=O)(=O)C2CN(S(=O)(=O)c3ccc(NC(C)=O)cc3)C2)cc1. The molecule has 1 aliphatic rings. The summed E-state index contributed by atoms with van der Waals surface area (Å²) in [6, 6.07) is 11.7. The minimum absolute atomic E-state index is 0.0434. The highest BCUT2D eigenvalue weighted by Crippen LogP contribution is 2.29. The molecule has 0 saturated carbocycles. The third-order valence-electron chi connectivity index (χ3n) is 4.45. The third kappa shape index (κ3) is 3.89. The first kappa shape index (κ1) is 20.3. The number of benzene rings is 2. The lowest BCUT2D eigenvalue weighted by molar-refractivity contribution is -0.114. The third-order valence-corrected chi connectivity index (χ3v) is 8.40. The van der Waals surface area contributed by atoms with Crippen molar-refractivity contribution in [2.75, 3.05) is 25.5 Å². The molecule has 1 heterocycles. The number of ether oxygens (including phenoxy) is 1. The average Bonchev–Trinajstić information content (AvgIpc) is 2.60. The quantitative estimate of drug-likeness (QED) is 0.753. The molecule has 2 aromatic carbocycles. The molecule has 0 spiro atoms. The fraction of sp³-hybridized carbons (Fsp3) is 0.278. The minimum atomic E-state index is -3.80. The van der Waals surface area contributed by atoms with Crippen molar-refractivity contribution >= 4 is 31.5 Å². The van der Waals surface area contributed by atoms with Gasteiger partial charge in [0.15, 0.2) is 9.84 Å². The monoisotopic (exact) mass is 424 g/mol. The lowest BCUT2D eigenvalue weighted by Crippen LogP contribution is -2.56.